The first-order chi connectivity index (χ1) is 22.3. The molecule has 9 nitrogen and oxygen atoms in total. The second-order valence-corrected chi connectivity index (χ2v) is 12.6. The lowest BCUT2D eigenvalue weighted by atomic mass is 9.66. The Hall–Kier alpha value is -4.73. The van der Waals surface area contributed by atoms with Crippen LogP contribution in [-0.2, 0) is 19.1 Å². The molecule has 236 valence electrons. The zero-order chi connectivity index (χ0) is 32.1. The molecule has 4 aromatic rings. The van der Waals surface area contributed by atoms with Crippen LogP contribution < -0.4 is 15.4 Å². The summed E-state index contributed by atoms with van der Waals surface area (Å²) in [5, 5.41) is 18.8. The Kier molecular flexibility index (Phi) is 7.53. The molecule has 0 aromatic heterocycles. The SMILES string of the molecule is CCOc1ccc(NC(=O)[C@H]2[C@H]3C(=O)N([C@H](CO)c4ccccc4)C(C(=O)Nc4ccc5ccccc5c4)C34CC[C@]2(C)O4)cc1. The van der Waals surface area contributed by atoms with E-state index in [9.17, 15) is 19.5 Å². The standard InChI is InChI=1S/C37H37N3O6/c1-3-45-28-17-15-26(16-18-28)38-33(42)30-31-35(44)40(29(22-41)24-10-5-4-6-11-24)32(37(31)20-19-36(30,2)46-37)34(43)39-27-14-13-23-9-7-8-12-25(23)21-27/h4-18,21,29-32,41H,3,19-20,22H2,1-2H3,(H,38,42)(H,39,43)/t29-,30-,31+,32?,36+,37?/m1/s1. The minimum Gasteiger partial charge on any atom is -0.494 e. The summed E-state index contributed by atoms with van der Waals surface area (Å²) >= 11 is 0. The number of hydrogen-bond donors (Lipinski definition) is 3. The lowest BCUT2D eigenvalue weighted by Gasteiger charge is -2.37. The molecule has 46 heavy (non-hydrogen) atoms. The molecular formula is C37H37N3O6. The third kappa shape index (κ3) is 4.82. The van der Waals surface area contributed by atoms with Crippen LogP contribution >= 0.6 is 0 Å². The maximum atomic E-state index is 14.7. The maximum Gasteiger partial charge on any atom is 0.250 e. The Balaban J connectivity index is 1.26. The number of nitrogens with one attached hydrogen (secondary N) is 2. The van der Waals surface area contributed by atoms with E-state index < -0.39 is 47.6 Å². The lowest BCUT2D eigenvalue weighted by molar-refractivity contribution is -0.147. The van der Waals surface area contributed by atoms with Gasteiger partial charge in [-0.2, -0.15) is 0 Å². The molecular weight excluding hydrogens is 582 g/mol. The molecule has 0 saturated carbocycles. The van der Waals surface area contributed by atoms with Crippen molar-refractivity contribution < 1.29 is 29.0 Å². The summed E-state index contributed by atoms with van der Waals surface area (Å²) in [4.78, 5) is 44.7. The van der Waals surface area contributed by atoms with Crippen molar-refractivity contribution in [3.63, 3.8) is 0 Å². The average molecular weight is 620 g/mol. The van der Waals surface area contributed by atoms with Crippen molar-refractivity contribution in [2.75, 3.05) is 23.8 Å². The van der Waals surface area contributed by atoms with Gasteiger partial charge in [0.15, 0.2) is 0 Å². The van der Waals surface area contributed by atoms with Crippen molar-refractivity contribution in [3.8, 4) is 5.75 Å². The Morgan fingerprint density at radius 3 is 2.30 bits per heavy atom. The summed E-state index contributed by atoms with van der Waals surface area (Å²) in [6.07, 6.45) is 0.923. The van der Waals surface area contributed by atoms with Crippen molar-refractivity contribution in [2.45, 2.75) is 50.0 Å². The number of anilines is 2. The Labute approximate surface area is 267 Å². The normalized spacial score (nSPS) is 27.0. The van der Waals surface area contributed by atoms with Crippen molar-refractivity contribution >= 4 is 39.9 Å². The molecule has 6 atom stereocenters. The number of aliphatic hydroxyl groups is 1. The number of carbonyl (C=O) groups is 3. The third-order valence-corrected chi connectivity index (χ3v) is 9.89. The van der Waals surface area contributed by atoms with E-state index in [1.165, 1.54) is 4.90 Å². The van der Waals surface area contributed by atoms with Gasteiger partial charge < -0.3 is 30.1 Å². The Morgan fingerprint density at radius 2 is 1.59 bits per heavy atom. The van der Waals surface area contributed by atoms with Crippen LogP contribution in [0.3, 0.4) is 0 Å². The fourth-order valence-electron chi connectivity index (χ4n) is 7.93. The maximum absolute atomic E-state index is 14.7. The van der Waals surface area contributed by atoms with E-state index in [1.54, 1.807) is 24.3 Å². The quantitative estimate of drug-likeness (QED) is 0.234. The number of nitrogens with zero attached hydrogens (tertiary/aromatic N) is 1. The number of fused-ring (bicyclic) bond motifs is 2. The minimum absolute atomic E-state index is 0.345. The Morgan fingerprint density at radius 1 is 0.913 bits per heavy atom. The highest BCUT2D eigenvalue weighted by Crippen LogP contribution is 2.64. The zero-order valence-corrected chi connectivity index (χ0v) is 25.8. The number of hydrogen-bond acceptors (Lipinski definition) is 6. The molecule has 3 fully saturated rings. The highest BCUT2D eigenvalue weighted by molar-refractivity contribution is 6.06. The number of carbonyl (C=O) groups excluding carboxylic acids is 3. The van der Waals surface area contributed by atoms with Crippen LogP contribution in [0.2, 0.25) is 0 Å². The molecule has 7 rings (SSSR count). The highest BCUT2D eigenvalue weighted by atomic mass is 16.5. The van der Waals surface area contributed by atoms with Crippen LogP contribution in [0.15, 0.2) is 97.1 Å². The fourth-order valence-corrected chi connectivity index (χ4v) is 7.93. The van der Waals surface area contributed by atoms with E-state index in [2.05, 4.69) is 10.6 Å². The first-order valence-corrected chi connectivity index (χ1v) is 15.8. The van der Waals surface area contributed by atoms with Gasteiger partial charge in [-0.25, -0.2) is 0 Å². The van der Waals surface area contributed by atoms with Crippen LogP contribution in [0.4, 0.5) is 11.4 Å². The summed E-state index contributed by atoms with van der Waals surface area (Å²) in [5.41, 5.74) is -0.367. The number of ether oxygens (including phenoxy) is 2. The van der Waals surface area contributed by atoms with Gasteiger partial charge in [-0.3, -0.25) is 14.4 Å². The number of aliphatic hydroxyl groups excluding tert-OH is 1. The summed E-state index contributed by atoms with van der Waals surface area (Å²) in [7, 11) is 0. The van der Waals surface area contributed by atoms with Gasteiger partial charge in [0.2, 0.25) is 17.7 Å². The number of rotatable bonds is 9. The molecule has 3 N–H and O–H groups in total. The van der Waals surface area contributed by atoms with E-state index in [0.717, 1.165) is 10.8 Å². The zero-order valence-electron chi connectivity index (χ0n) is 25.8. The Bertz CT molecular complexity index is 1800. The molecule has 0 radical (unpaired) electrons. The number of benzene rings is 4. The summed E-state index contributed by atoms with van der Waals surface area (Å²) in [5.74, 6) is -2.22. The van der Waals surface area contributed by atoms with E-state index in [-0.39, 0.29) is 11.8 Å². The second-order valence-electron chi connectivity index (χ2n) is 12.6. The van der Waals surface area contributed by atoms with Crippen LogP contribution in [-0.4, -0.2) is 58.2 Å². The van der Waals surface area contributed by atoms with E-state index in [4.69, 9.17) is 9.47 Å². The lowest BCUT2D eigenvalue weighted by Crippen LogP contribution is -2.54. The predicted octanol–water partition coefficient (Wildman–Crippen LogP) is 5.31. The molecule has 3 saturated heterocycles. The molecule has 3 heterocycles. The molecule has 0 aliphatic carbocycles. The largest absolute Gasteiger partial charge is 0.494 e. The molecule has 1 spiro atoms. The van der Waals surface area contributed by atoms with Crippen molar-refractivity contribution in [3.05, 3.63) is 103 Å². The average Bonchev–Trinajstić information content (AvgIpc) is 3.63. The van der Waals surface area contributed by atoms with Gasteiger partial charge in [0.25, 0.3) is 0 Å². The van der Waals surface area contributed by atoms with E-state index in [0.29, 0.717) is 42.1 Å². The van der Waals surface area contributed by atoms with Crippen molar-refractivity contribution in [1.82, 2.24) is 4.90 Å². The van der Waals surface area contributed by atoms with Crippen molar-refractivity contribution in [2.24, 2.45) is 11.8 Å². The van der Waals surface area contributed by atoms with Gasteiger partial charge in [-0.15, -0.1) is 0 Å². The first kappa shape index (κ1) is 30.0. The molecule has 3 aliphatic heterocycles. The molecule has 9 heteroatoms. The summed E-state index contributed by atoms with van der Waals surface area (Å²) in [6, 6.07) is 27.9. The minimum atomic E-state index is -1.25. The van der Waals surface area contributed by atoms with Gasteiger partial charge in [-0.1, -0.05) is 60.7 Å². The van der Waals surface area contributed by atoms with Crippen LogP contribution in [0.5, 0.6) is 5.75 Å². The highest BCUT2D eigenvalue weighted by Gasteiger charge is 2.78. The summed E-state index contributed by atoms with van der Waals surface area (Å²) in [6.45, 7) is 3.88. The third-order valence-electron chi connectivity index (χ3n) is 9.89. The topological polar surface area (TPSA) is 117 Å². The first-order valence-electron chi connectivity index (χ1n) is 15.8. The smallest absolute Gasteiger partial charge is 0.250 e. The predicted molar refractivity (Wildman–Crippen MR) is 174 cm³/mol. The van der Waals surface area contributed by atoms with Gasteiger partial charge in [0.05, 0.1) is 36.7 Å². The van der Waals surface area contributed by atoms with Crippen LogP contribution in [0.25, 0.3) is 10.8 Å². The van der Waals surface area contributed by atoms with E-state index in [1.807, 2.05) is 86.6 Å². The molecule has 3 aliphatic rings. The molecule has 3 amide bonds. The monoisotopic (exact) mass is 619 g/mol. The molecule has 2 unspecified atom stereocenters. The van der Waals surface area contributed by atoms with Gasteiger partial charge in [0, 0.05) is 11.4 Å². The van der Waals surface area contributed by atoms with E-state index >= 15 is 0 Å². The summed E-state index contributed by atoms with van der Waals surface area (Å²) < 4.78 is 12.3. The van der Waals surface area contributed by atoms with Gasteiger partial charge in [0.1, 0.15) is 17.4 Å². The second kappa shape index (κ2) is 11.6. The molecule has 4 aromatic carbocycles. The van der Waals surface area contributed by atoms with Gasteiger partial charge in [-0.05, 0) is 79.4 Å². The fraction of sp³-hybridized carbons (Fsp3) is 0.324. The molecule has 2 bridgehead atoms. The van der Waals surface area contributed by atoms with Gasteiger partial charge >= 0.3 is 0 Å². The number of likely N-dealkylation sites (tertiary alicyclic amines) is 1. The van der Waals surface area contributed by atoms with Crippen molar-refractivity contribution in [1.29, 1.82) is 0 Å². The van der Waals surface area contributed by atoms with Crippen LogP contribution in [0, 0.1) is 11.8 Å². The number of amides is 3. The van der Waals surface area contributed by atoms with Crippen LogP contribution in [0.1, 0.15) is 38.3 Å².